The largest absolute Gasteiger partial charge is 0.472 e. The second-order valence-corrected chi connectivity index (χ2v) is 30.7. The third kappa shape index (κ3) is 64.1. The van der Waals surface area contributed by atoms with E-state index in [1.807, 2.05) is 0 Å². The third-order valence-corrected chi connectivity index (χ3v) is 19.4. The van der Waals surface area contributed by atoms with Gasteiger partial charge in [-0.1, -0.05) is 312 Å². The Hall–Kier alpha value is -1.94. The number of phosphoric ester groups is 2. The highest BCUT2D eigenvalue weighted by Gasteiger charge is 2.30. The molecule has 0 radical (unpaired) electrons. The van der Waals surface area contributed by atoms with Crippen molar-refractivity contribution in [3.8, 4) is 0 Å². The lowest BCUT2D eigenvalue weighted by Gasteiger charge is -2.21. The standard InChI is InChI=1S/C73H142O17P2/c1-9-65(7)51-43-35-27-23-24-28-37-45-53-70(75)83-59-68(89-72(77)55-47-39-29-21-17-15-13-11-12-14-16-19-25-33-41-49-63(3)4)61-87-91(79,80)85-57-67(74)58-86-92(81,82)88-62-69(60-84-71(76)54-46-38-32-31-36-44-52-66(8)10-2)90-73(78)56-48-40-30-22-18-20-26-34-42-50-64(5)6/h63-69,74H,9-62H2,1-8H3,(H,79,80)(H,81,82)/t65?,66?,67-,68-,69-/m1/s1. The summed E-state index contributed by atoms with van der Waals surface area (Å²) in [6.45, 7) is 14.1. The SMILES string of the molecule is CCC(C)CCCCCCCCCCC(=O)OC[C@H](COP(=O)(O)OC[C@@H](O)COP(=O)(O)OC[C@@H](COC(=O)CCCCCCCCC(C)CC)OC(=O)CCCCCCCCCCCC(C)C)OC(=O)CCCCCCCCCCCCCCCCCC(C)C. The Balaban J connectivity index is 5.25. The number of aliphatic hydroxyl groups excluding tert-OH is 1. The van der Waals surface area contributed by atoms with Gasteiger partial charge in [-0.2, -0.15) is 0 Å². The number of phosphoric acid groups is 2. The van der Waals surface area contributed by atoms with Gasteiger partial charge in [-0.05, 0) is 49.4 Å². The summed E-state index contributed by atoms with van der Waals surface area (Å²) in [5.41, 5.74) is 0. The van der Waals surface area contributed by atoms with Crippen LogP contribution in [0.15, 0.2) is 0 Å². The molecule has 19 heteroatoms. The Bertz CT molecular complexity index is 1820. The zero-order chi connectivity index (χ0) is 68.2. The molecule has 0 aliphatic heterocycles. The van der Waals surface area contributed by atoms with Crippen molar-refractivity contribution in [2.75, 3.05) is 39.6 Å². The molecule has 0 aromatic carbocycles. The molecule has 7 atom stereocenters. The number of carbonyl (C=O) groups excluding carboxylic acids is 4. The van der Waals surface area contributed by atoms with Crippen LogP contribution in [0.3, 0.4) is 0 Å². The van der Waals surface area contributed by atoms with Crippen LogP contribution in [0.2, 0.25) is 0 Å². The maximum atomic E-state index is 13.1. The van der Waals surface area contributed by atoms with Gasteiger partial charge in [-0.25, -0.2) is 9.13 Å². The van der Waals surface area contributed by atoms with E-state index in [-0.39, 0.29) is 25.7 Å². The molecule has 0 saturated carbocycles. The first-order valence-corrected chi connectivity index (χ1v) is 40.8. The molecule has 0 aromatic rings. The summed E-state index contributed by atoms with van der Waals surface area (Å²) in [5.74, 6) is 0.921. The maximum Gasteiger partial charge on any atom is 0.472 e. The predicted molar refractivity (Wildman–Crippen MR) is 372 cm³/mol. The zero-order valence-corrected chi connectivity index (χ0v) is 62.0. The minimum absolute atomic E-state index is 0.104. The number of ether oxygens (including phenoxy) is 4. The van der Waals surface area contributed by atoms with Crippen molar-refractivity contribution in [3.63, 3.8) is 0 Å². The molecule has 0 aliphatic rings. The third-order valence-electron chi connectivity index (χ3n) is 17.5. The Morgan fingerprint density at radius 2 is 0.522 bits per heavy atom. The van der Waals surface area contributed by atoms with Gasteiger partial charge in [0.2, 0.25) is 0 Å². The Morgan fingerprint density at radius 1 is 0.304 bits per heavy atom. The monoisotopic (exact) mass is 1350 g/mol. The summed E-state index contributed by atoms with van der Waals surface area (Å²) < 4.78 is 68.4. The maximum absolute atomic E-state index is 13.1. The normalized spacial score (nSPS) is 14.8. The van der Waals surface area contributed by atoms with Gasteiger partial charge < -0.3 is 33.8 Å². The Kier molecular flexibility index (Phi) is 61.3. The van der Waals surface area contributed by atoms with Gasteiger partial charge in [-0.3, -0.25) is 37.3 Å². The molecular weight excluding hydrogens is 1210 g/mol. The first-order chi connectivity index (χ1) is 44.2. The molecule has 4 unspecified atom stereocenters. The number of hydrogen-bond acceptors (Lipinski definition) is 15. The summed E-state index contributed by atoms with van der Waals surface area (Å²) in [7, 11) is -9.91. The number of carbonyl (C=O) groups is 4. The van der Waals surface area contributed by atoms with Gasteiger partial charge in [-0.15, -0.1) is 0 Å². The van der Waals surface area contributed by atoms with Crippen LogP contribution in [0.1, 0.15) is 364 Å². The molecule has 92 heavy (non-hydrogen) atoms. The molecule has 0 rings (SSSR count). The smallest absolute Gasteiger partial charge is 0.462 e. The highest BCUT2D eigenvalue weighted by Crippen LogP contribution is 2.45. The van der Waals surface area contributed by atoms with Crippen LogP contribution in [-0.4, -0.2) is 96.7 Å². The van der Waals surface area contributed by atoms with Crippen molar-refractivity contribution in [1.29, 1.82) is 0 Å². The molecule has 0 fully saturated rings. The van der Waals surface area contributed by atoms with E-state index in [0.717, 1.165) is 120 Å². The number of aliphatic hydroxyl groups is 1. The van der Waals surface area contributed by atoms with Crippen LogP contribution in [-0.2, 0) is 65.4 Å². The van der Waals surface area contributed by atoms with Crippen molar-refractivity contribution in [1.82, 2.24) is 0 Å². The summed E-state index contributed by atoms with van der Waals surface area (Å²) >= 11 is 0. The van der Waals surface area contributed by atoms with Crippen molar-refractivity contribution >= 4 is 39.5 Å². The zero-order valence-electron chi connectivity index (χ0n) is 60.2. The Morgan fingerprint density at radius 3 is 0.772 bits per heavy atom. The van der Waals surface area contributed by atoms with Gasteiger partial charge in [0, 0.05) is 25.7 Å². The quantitative estimate of drug-likeness (QED) is 0.0222. The van der Waals surface area contributed by atoms with Gasteiger partial charge in [0.25, 0.3) is 0 Å². The average Bonchev–Trinajstić information content (AvgIpc) is 3.69. The van der Waals surface area contributed by atoms with Crippen molar-refractivity contribution in [2.45, 2.75) is 382 Å². The van der Waals surface area contributed by atoms with Gasteiger partial charge in [0.1, 0.15) is 19.3 Å². The van der Waals surface area contributed by atoms with E-state index >= 15 is 0 Å². The average molecular weight is 1350 g/mol. The van der Waals surface area contributed by atoms with Crippen LogP contribution in [0.4, 0.5) is 0 Å². The summed E-state index contributed by atoms with van der Waals surface area (Å²) in [6, 6.07) is 0. The molecule has 3 N–H and O–H groups in total. The molecule has 546 valence electrons. The van der Waals surface area contributed by atoms with E-state index in [1.165, 1.54) is 161 Å². The van der Waals surface area contributed by atoms with Crippen molar-refractivity contribution in [2.24, 2.45) is 23.7 Å². The number of unbranched alkanes of at least 4 members (excludes halogenated alkanes) is 34. The molecule has 0 heterocycles. The van der Waals surface area contributed by atoms with Gasteiger partial charge in [0.15, 0.2) is 12.2 Å². The topological polar surface area (TPSA) is 237 Å². The summed E-state index contributed by atoms with van der Waals surface area (Å²) in [4.78, 5) is 72.7. The first kappa shape index (κ1) is 90.1. The molecule has 0 spiro atoms. The van der Waals surface area contributed by atoms with E-state index in [0.29, 0.717) is 25.7 Å². The fraction of sp³-hybridized carbons (Fsp3) is 0.945. The lowest BCUT2D eigenvalue weighted by molar-refractivity contribution is -0.161. The van der Waals surface area contributed by atoms with Crippen LogP contribution in [0.5, 0.6) is 0 Å². The van der Waals surface area contributed by atoms with E-state index < -0.39 is 97.5 Å². The lowest BCUT2D eigenvalue weighted by atomic mass is 9.99. The van der Waals surface area contributed by atoms with Crippen molar-refractivity contribution < 1.29 is 80.2 Å². The summed E-state index contributed by atoms with van der Waals surface area (Å²) in [5, 5.41) is 10.6. The molecule has 0 bridgehead atoms. The Labute approximate surface area is 562 Å². The fourth-order valence-corrected chi connectivity index (χ4v) is 12.5. The summed E-state index contributed by atoms with van der Waals surface area (Å²) in [6.07, 6.45) is 45.8. The second-order valence-electron chi connectivity index (χ2n) is 27.8. The molecule has 0 saturated heterocycles. The van der Waals surface area contributed by atoms with Gasteiger partial charge >= 0.3 is 39.5 Å². The molecule has 17 nitrogen and oxygen atoms in total. The van der Waals surface area contributed by atoms with E-state index in [2.05, 4.69) is 55.4 Å². The molecule has 0 amide bonds. The molecule has 0 aromatic heterocycles. The van der Waals surface area contributed by atoms with Crippen LogP contribution < -0.4 is 0 Å². The minimum Gasteiger partial charge on any atom is -0.462 e. The predicted octanol–water partition coefficient (Wildman–Crippen LogP) is 20.9. The highest BCUT2D eigenvalue weighted by atomic mass is 31.2. The van der Waals surface area contributed by atoms with Gasteiger partial charge in [0.05, 0.1) is 26.4 Å². The fourth-order valence-electron chi connectivity index (χ4n) is 11.0. The van der Waals surface area contributed by atoms with E-state index in [4.69, 9.17) is 37.0 Å². The van der Waals surface area contributed by atoms with E-state index in [1.54, 1.807) is 0 Å². The number of rotatable bonds is 70. The minimum atomic E-state index is -4.96. The van der Waals surface area contributed by atoms with Crippen LogP contribution in [0, 0.1) is 23.7 Å². The number of esters is 4. The first-order valence-electron chi connectivity index (χ1n) is 37.8. The van der Waals surface area contributed by atoms with Crippen LogP contribution >= 0.6 is 15.6 Å². The van der Waals surface area contributed by atoms with Crippen molar-refractivity contribution in [3.05, 3.63) is 0 Å². The second kappa shape index (κ2) is 62.6. The molecule has 0 aliphatic carbocycles. The van der Waals surface area contributed by atoms with Crippen LogP contribution in [0.25, 0.3) is 0 Å². The highest BCUT2D eigenvalue weighted by molar-refractivity contribution is 7.47. The lowest BCUT2D eigenvalue weighted by Crippen LogP contribution is -2.30. The van der Waals surface area contributed by atoms with E-state index in [9.17, 15) is 43.2 Å². The number of hydrogen-bond donors (Lipinski definition) is 3. The molecular formula is C73H142O17P2.